The highest BCUT2D eigenvalue weighted by Crippen LogP contribution is 2.19. The van der Waals surface area contributed by atoms with Gasteiger partial charge < -0.3 is 14.5 Å². The van der Waals surface area contributed by atoms with Gasteiger partial charge in [-0.05, 0) is 24.3 Å². The van der Waals surface area contributed by atoms with Gasteiger partial charge in [-0.1, -0.05) is 5.10 Å². The first kappa shape index (κ1) is 10.8. The van der Waals surface area contributed by atoms with E-state index in [1.807, 2.05) is 24.3 Å². The van der Waals surface area contributed by atoms with E-state index < -0.39 is 0 Å². The molecule has 2 aromatic rings. The van der Waals surface area contributed by atoms with Crippen molar-refractivity contribution in [3.05, 3.63) is 30.2 Å². The van der Waals surface area contributed by atoms with E-state index in [4.69, 9.17) is 20.8 Å². The third-order valence-electron chi connectivity index (χ3n) is 1.92. The summed E-state index contributed by atoms with van der Waals surface area (Å²) < 4.78 is 10.2. The fourth-order valence-electron chi connectivity index (χ4n) is 1.16. The lowest BCUT2D eigenvalue weighted by Gasteiger charge is -2.02. The van der Waals surface area contributed by atoms with Gasteiger partial charge in [-0.3, -0.25) is 0 Å². The van der Waals surface area contributed by atoms with E-state index in [0.717, 1.165) is 11.4 Å². The van der Waals surface area contributed by atoms with Crippen LogP contribution in [0.25, 0.3) is 0 Å². The molecule has 6 heteroatoms. The second-order valence-corrected chi connectivity index (χ2v) is 3.26. The number of nitrogens with one attached hydrogen (secondary N) is 1. The van der Waals surface area contributed by atoms with E-state index in [-0.39, 0.29) is 5.88 Å². The zero-order valence-corrected chi connectivity index (χ0v) is 9.36. The van der Waals surface area contributed by atoms with Crippen molar-refractivity contribution >= 4 is 23.3 Å². The van der Waals surface area contributed by atoms with Gasteiger partial charge >= 0.3 is 6.01 Å². The molecule has 1 aromatic heterocycles. The summed E-state index contributed by atoms with van der Waals surface area (Å²) in [6, 6.07) is 7.69. The normalized spacial score (nSPS) is 10.1. The number of hydrogen-bond acceptors (Lipinski definition) is 5. The van der Waals surface area contributed by atoms with Crippen molar-refractivity contribution in [1.29, 1.82) is 0 Å². The Labute approximate surface area is 97.4 Å². The molecule has 5 nitrogen and oxygen atoms in total. The number of alkyl halides is 1. The van der Waals surface area contributed by atoms with E-state index >= 15 is 0 Å². The monoisotopic (exact) mass is 239 g/mol. The molecule has 0 unspecified atom stereocenters. The molecule has 0 bridgehead atoms. The van der Waals surface area contributed by atoms with Gasteiger partial charge in [0, 0.05) is 5.69 Å². The van der Waals surface area contributed by atoms with Crippen LogP contribution in [0.1, 0.15) is 5.89 Å². The summed E-state index contributed by atoms with van der Waals surface area (Å²) in [7, 11) is 1.62. The number of rotatable bonds is 4. The average Bonchev–Trinajstić information content (AvgIpc) is 2.78. The summed E-state index contributed by atoms with van der Waals surface area (Å²) >= 11 is 5.54. The first-order valence-electron chi connectivity index (χ1n) is 4.61. The van der Waals surface area contributed by atoms with Crippen LogP contribution in [-0.2, 0) is 5.88 Å². The number of aromatic nitrogens is 2. The van der Waals surface area contributed by atoms with Crippen LogP contribution < -0.4 is 10.1 Å². The molecule has 0 spiro atoms. The number of hydrogen-bond donors (Lipinski definition) is 1. The fraction of sp³-hybridized carbons (Fsp3) is 0.200. The SMILES string of the molecule is COc1ccc(Nc2nnc(CCl)o2)cc1. The minimum Gasteiger partial charge on any atom is -0.497 e. The Morgan fingerprint density at radius 1 is 1.31 bits per heavy atom. The summed E-state index contributed by atoms with van der Waals surface area (Å²) in [6.07, 6.45) is 0. The molecule has 0 aliphatic heterocycles. The predicted octanol–water partition coefficient (Wildman–Crippen LogP) is 2.56. The molecule has 1 aromatic carbocycles. The van der Waals surface area contributed by atoms with Crippen LogP contribution in [0.4, 0.5) is 11.7 Å². The largest absolute Gasteiger partial charge is 0.497 e. The highest BCUT2D eigenvalue weighted by atomic mass is 35.5. The Hall–Kier alpha value is -1.75. The topological polar surface area (TPSA) is 60.2 Å². The predicted molar refractivity (Wildman–Crippen MR) is 60.1 cm³/mol. The maximum Gasteiger partial charge on any atom is 0.320 e. The van der Waals surface area contributed by atoms with Gasteiger partial charge in [0.2, 0.25) is 5.89 Å². The van der Waals surface area contributed by atoms with Crippen LogP contribution >= 0.6 is 11.6 Å². The van der Waals surface area contributed by atoms with Crippen molar-refractivity contribution in [2.75, 3.05) is 12.4 Å². The van der Waals surface area contributed by atoms with Gasteiger partial charge in [-0.25, -0.2) is 0 Å². The summed E-state index contributed by atoms with van der Waals surface area (Å²) in [5.41, 5.74) is 0.838. The molecule has 1 heterocycles. The van der Waals surface area contributed by atoms with E-state index in [0.29, 0.717) is 11.9 Å². The number of benzene rings is 1. The summed E-state index contributed by atoms with van der Waals surface area (Å²) in [5, 5.41) is 10.5. The van der Waals surface area contributed by atoms with E-state index in [2.05, 4.69) is 15.5 Å². The second kappa shape index (κ2) is 4.85. The molecule has 0 saturated heterocycles. The molecule has 16 heavy (non-hydrogen) atoms. The number of ether oxygens (including phenoxy) is 1. The number of halogens is 1. The van der Waals surface area contributed by atoms with Crippen molar-refractivity contribution in [2.24, 2.45) is 0 Å². The van der Waals surface area contributed by atoms with Gasteiger partial charge in [-0.15, -0.1) is 16.7 Å². The van der Waals surface area contributed by atoms with Crippen LogP contribution in [0.15, 0.2) is 28.7 Å². The maximum absolute atomic E-state index is 5.54. The molecule has 0 saturated carbocycles. The summed E-state index contributed by atoms with van der Waals surface area (Å²) in [6.45, 7) is 0. The zero-order chi connectivity index (χ0) is 11.4. The van der Waals surface area contributed by atoms with Crippen molar-refractivity contribution in [2.45, 2.75) is 5.88 Å². The minimum atomic E-state index is 0.206. The van der Waals surface area contributed by atoms with Crippen LogP contribution in [-0.4, -0.2) is 17.3 Å². The standard InChI is InChI=1S/C10H10ClN3O2/c1-15-8-4-2-7(3-5-8)12-10-14-13-9(6-11)16-10/h2-5H,6H2,1H3,(H,12,14). The van der Waals surface area contributed by atoms with Crippen molar-refractivity contribution < 1.29 is 9.15 Å². The molecule has 1 N–H and O–H groups in total. The van der Waals surface area contributed by atoms with Gasteiger partial charge in [0.05, 0.1) is 7.11 Å². The van der Waals surface area contributed by atoms with Crippen molar-refractivity contribution in [1.82, 2.24) is 10.2 Å². The van der Waals surface area contributed by atoms with Crippen molar-refractivity contribution in [3.63, 3.8) is 0 Å². The Kier molecular flexibility index (Phi) is 3.26. The smallest absolute Gasteiger partial charge is 0.320 e. The van der Waals surface area contributed by atoms with Crippen LogP contribution in [0.2, 0.25) is 0 Å². The van der Waals surface area contributed by atoms with Gasteiger partial charge in [-0.2, -0.15) is 0 Å². The van der Waals surface area contributed by atoms with E-state index in [9.17, 15) is 0 Å². The maximum atomic E-state index is 5.54. The first-order chi connectivity index (χ1) is 7.81. The number of anilines is 2. The fourth-order valence-corrected chi connectivity index (χ4v) is 1.26. The van der Waals surface area contributed by atoms with Crippen LogP contribution in [0.5, 0.6) is 5.75 Å². The molecule has 84 valence electrons. The number of methoxy groups -OCH3 is 1. The Morgan fingerprint density at radius 3 is 2.62 bits per heavy atom. The molecule has 0 aliphatic carbocycles. The molecule has 0 atom stereocenters. The molecule has 0 fully saturated rings. The molecule has 0 radical (unpaired) electrons. The second-order valence-electron chi connectivity index (χ2n) is 2.99. The lowest BCUT2D eigenvalue weighted by Crippen LogP contribution is -1.90. The lowest BCUT2D eigenvalue weighted by atomic mass is 10.3. The van der Waals surface area contributed by atoms with Gasteiger partial charge in [0.1, 0.15) is 11.6 Å². The molecular formula is C10H10ClN3O2. The van der Waals surface area contributed by atoms with Crippen LogP contribution in [0.3, 0.4) is 0 Å². The van der Waals surface area contributed by atoms with Crippen molar-refractivity contribution in [3.8, 4) is 5.75 Å². The van der Waals surface area contributed by atoms with E-state index in [1.165, 1.54) is 0 Å². The van der Waals surface area contributed by atoms with E-state index in [1.54, 1.807) is 7.11 Å². The average molecular weight is 240 g/mol. The highest BCUT2D eigenvalue weighted by molar-refractivity contribution is 6.16. The highest BCUT2D eigenvalue weighted by Gasteiger charge is 2.04. The van der Waals surface area contributed by atoms with Gasteiger partial charge in [0.25, 0.3) is 0 Å². The first-order valence-corrected chi connectivity index (χ1v) is 5.14. The molecule has 0 aliphatic rings. The molecular weight excluding hydrogens is 230 g/mol. The zero-order valence-electron chi connectivity index (χ0n) is 8.61. The third-order valence-corrected chi connectivity index (χ3v) is 2.15. The number of nitrogens with zero attached hydrogens (tertiary/aromatic N) is 2. The Bertz CT molecular complexity index is 455. The lowest BCUT2D eigenvalue weighted by molar-refractivity contribution is 0.415. The summed E-state index contributed by atoms with van der Waals surface area (Å²) in [4.78, 5) is 0. The quantitative estimate of drug-likeness (QED) is 0.831. The Balaban J connectivity index is 2.08. The Morgan fingerprint density at radius 2 is 2.06 bits per heavy atom. The molecule has 2 rings (SSSR count). The van der Waals surface area contributed by atoms with Gasteiger partial charge in [0.15, 0.2) is 0 Å². The minimum absolute atomic E-state index is 0.206. The molecule has 0 amide bonds. The summed E-state index contributed by atoms with van der Waals surface area (Å²) in [5.74, 6) is 1.38. The third kappa shape index (κ3) is 2.43. The van der Waals surface area contributed by atoms with Crippen LogP contribution in [0, 0.1) is 0 Å².